The number of benzene rings is 1. The maximum atomic E-state index is 12.1. The number of carboxylic acid groups (broad SMARTS) is 1. The minimum absolute atomic E-state index is 0.0386. The van der Waals surface area contributed by atoms with Crippen LogP contribution in [0.15, 0.2) is 24.3 Å². The number of hydrogen-bond donors (Lipinski definition) is 1. The molecular formula is C14H17NO4. The number of nitrogens with zero attached hydrogens (tertiary/aromatic N) is 1. The molecule has 0 spiro atoms. The van der Waals surface area contributed by atoms with Crippen LogP contribution >= 0.6 is 0 Å². The number of carboxylic acids is 1. The summed E-state index contributed by atoms with van der Waals surface area (Å²) >= 11 is 0. The molecule has 0 radical (unpaired) electrons. The van der Waals surface area contributed by atoms with Gasteiger partial charge in [-0.05, 0) is 24.1 Å². The number of carbonyl (C=O) groups is 2. The lowest BCUT2D eigenvalue weighted by molar-refractivity contribution is -0.134. The van der Waals surface area contributed by atoms with Crippen molar-refractivity contribution in [3.8, 4) is 0 Å². The van der Waals surface area contributed by atoms with E-state index in [1.165, 1.54) is 0 Å². The number of hydrogen-bond acceptors (Lipinski definition) is 3. The minimum Gasteiger partial charge on any atom is -0.478 e. The molecule has 1 amide bonds. The molecule has 0 aromatic heterocycles. The highest BCUT2D eigenvalue weighted by molar-refractivity contribution is 5.87. The van der Waals surface area contributed by atoms with E-state index in [4.69, 9.17) is 9.84 Å². The smallest absolute Gasteiger partial charge is 0.335 e. The van der Waals surface area contributed by atoms with E-state index in [1.54, 1.807) is 36.2 Å². The number of carbonyl (C=O) groups excluding carboxylic acids is 1. The average Bonchev–Trinajstić information content (AvgIpc) is 2.92. The van der Waals surface area contributed by atoms with Crippen molar-refractivity contribution in [3.05, 3.63) is 35.4 Å². The van der Waals surface area contributed by atoms with E-state index in [-0.39, 0.29) is 17.4 Å². The molecule has 0 bridgehead atoms. The second-order valence-electron chi connectivity index (χ2n) is 4.76. The molecule has 1 aromatic carbocycles. The van der Waals surface area contributed by atoms with Gasteiger partial charge in [0.05, 0.1) is 18.1 Å². The first-order chi connectivity index (χ1) is 9.08. The molecule has 1 heterocycles. The van der Waals surface area contributed by atoms with Crippen LogP contribution in [0.1, 0.15) is 22.3 Å². The van der Waals surface area contributed by atoms with Crippen LogP contribution in [0.4, 0.5) is 0 Å². The monoisotopic (exact) mass is 263 g/mol. The molecule has 102 valence electrons. The van der Waals surface area contributed by atoms with Gasteiger partial charge in [-0.2, -0.15) is 0 Å². The molecular weight excluding hydrogens is 246 g/mol. The fraction of sp³-hybridized carbons (Fsp3) is 0.429. The molecule has 0 aliphatic carbocycles. The molecule has 1 N–H and O–H groups in total. The summed E-state index contributed by atoms with van der Waals surface area (Å²) in [5, 5.41) is 8.81. The van der Waals surface area contributed by atoms with Crippen LogP contribution in [0.3, 0.4) is 0 Å². The van der Waals surface area contributed by atoms with Gasteiger partial charge >= 0.3 is 5.97 Å². The SMILES string of the molecule is CN(Cc1ccc(C(=O)O)cc1)C(=O)[C@@H]1CCOC1. The topological polar surface area (TPSA) is 66.8 Å². The van der Waals surface area contributed by atoms with Gasteiger partial charge in [-0.3, -0.25) is 4.79 Å². The Morgan fingerprint density at radius 3 is 2.58 bits per heavy atom. The van der Waals surface area contributed by atoms with E-state index in [0.29, 0.717) is 19.8 Å². The molecule has 1 atom stereocenters. The maximum Gasteiger partial charge on any atom is 0.335 e. The Morgan fingerprint density at radius 1 is 1.37 bits per heavy atom. The first-order valence-electron chi connectivity index (χ1n) is 6.23. The van der Waals surface area contributed by atoms with Gasteiger partial charge < -0.3 is 14.7 Å². The van der Waals surface area contributed by atoms with Crippen molar-refractivity contribution >= 4 is 11.9 Å². The summed E-state index contributed by atoms with van der Waals surface area (Å²) in [5.74, 6) is -0.901. The van der Waals surface area contributed by atoms with Crippen molar-refractivity contribution in [1.82, 2.24) is 4.90 Å². The molecule has 0 saturated carbocycles. The van der Waals surface area contributed by atoms with E-state index < -0.39 is 5.97 Å². The van der Waals surface area contributed by atoms with Gasteiger partial charge in [0.25, 0.3) is 0 Å². The van der Waals surface area contributed by atoms with Crippen molar-refractivity contribution < 1.29 is 19.4 Å². The molecule has 1 aliphatic rings. The zero-order chi connectivity index (χ0) is 13.8. The quantitative estimate of drug-likeness (QED) is 0.891. The first-order valence-corrected chi connectivity index (χ1v) is 6.23. The van der Waals surface area contributed by atoms with Crippen molar-refractivity contribution in [2.75, 3.05) is 20.3 Å². The molecule has 1 saturated heterocycles. The van der Waals surface area contributed by atoms with Gasteiger partial charge in [-0.25, -0.2) is 4.79 Å². The minimum atomic E-state index is -0.945. The van der Waals surface area contributed by atoms with Crippen LogP contribution in [0.2, 0.25) is 0 Å². The van der Waals surface area contributed by atoms with E-state index in [1.807, 2.05) is 0 Å². The third kappa shape index (κ3) is 3.32. The van der Waals surface area contributed by atoms with Crippen molar-refractivity contribution in [2.45, 2.75) is 13.0 Å². The summed E-state index contributed by atoms with van der Waals surface area (Å²) in [6.07, 6.45) is 0.779. The summed E-state index contributed by atoms with van der Waals surface area (Å²) in [7, 11) is 1.76. The molecule has 0 unspecified atom stereocenters. The lowest BCUT2D eigenvalue weighted by Crippen LogP contribution is -2.32. The summed E-state index contributed by atoms with van der Waals surface area (Å²) in [5.41, 5.74) is 1.17. The summed E-state index contributed by atoms with van der Waals surface area (Å²) in [6, 6.07) is 6.57. The third-order valence-electron chi connectivity index (χ3n) is 3.28. The summed E-state index contributed by atoms with van der Waals surface area (Å²) < 4.78 is 5.21. The van der Waals surface area contributed by atoms with Crippen molar-refractivity contribution in [2.24, 2.45) is 5.92 Å². The van der Waals surface area contributed by atoms with Crippen LogP contribution in [-0.2, 0) is 16.1 Å². The second kappa shape index (κ2) is 5.84. The lowest BCUT2D eigenvalue weighted by Gasteiger charge is -2.20. The first kappa shape index (κ1) is 13.5. The number of ether oxygens (including phenoxy) is 1. The van der Waals surface area contributed by atoms with Crippen molar-refractivity contribution in [3.63, 3.8) is 0 Å². The second-order valence-corrected chi connectivity index (χ2v) is 4.76. The molecule has 1 aliphatic heterocycles. The lowest BCUT2D eigenvalue weighted by atomic mass is 10.1. The fourth-order valence-electron chi connectivity index (χ4n) is 2.15. The van der Waals surface area contributed by atoms with Gasteiger partial charge in [0, 0.05) is 20.2 Å². The maximum absolute atomic E-state index is 12.1. The zero-order valence-corrected chi connectivity index (χ0v) is 10.8. The molecule has 1 fully saturated rings. The average molecular weight is 263 g/mol. The third-order valence-corrected chi connectivity index (χ3v) is 3.28. The van der Waals surface area contributed by atoms with Crippen LogP contribution in [-0.4, -0.2) is 42.1 Å². The highest BCUT2D eigenvalue weighted by atomic mass is 16.5. The predicted molar refractivity (Wildman–Crippen MR) is 68.8 cm³/mol. The molecule has 5 nitrogen and oxygen atoms in total. The molecule has 19 heavy (non-hydrogen) atoms. The normalized spacial score (nSPS) is 18.3. The zero-order valence-electron chi connectivity index (χ0n) is 10.8. The Bertz CT molecular complexity index is 463. The van der Waals surface area contributed by atoms with E-state index in [9.17, 15) is 9.59 Å². The Hall–Kier alpha value is -1.88. The van der Waals surface area contributed by atoms with Gasteiger partial charge in [0.1, 0.15) is 0 Å². The Balaban J connectivity index is 1.96. The summed E-state index contributed by atoms with van der Waals surface area (Å²) in [4.78, 5) is 24.5. The number of amides is 1. The van der Waals surface area contributed by atoms with Gasteiger partial charge in [0.2, 0.25) is 5.91 Å². The summed E-state index contributed by atoms with van der Waals surface area (Å²) in [6.45, 7) is 1.63. The molecule has 2 rings (SSSR count). The number of rotatable bonds is 4. The van der Waals surface area contributed by atoms with Crippen molar-refractivity contribution in [1.29, 1.82) is 0 Å². The van der Waals surface area contributed by atoms with Crippen LogP contribution < -0.4 is 0 Å². The largest absolute Gasteiger partial charge is 0.478 e. The van der Waals surface area contributed by atoms with Gasteiger partial charge in [0.15, 0.2) is 0 Å². The highest BCUT2D eigenvalue weighted by Gasteiger charge is 2.26. The van der Waals surface area contributed by atoms with Gasteiger partial charge in [-0.1, -0.05) is 12.1 Å². The predicted octanol–water partition coefficient (Wildman–Crippen LogP) is 1.38. The molecule has 1 aromatic rings. The van der Waals surface area contributed by atoms with Crippen LogP contribution in [0, 0.1) is 5.92 Å². The fourth-order valence-corrected chi connectivity index (χ4v) is 2.15. The van der Waals surface area contributed by atoms with E-state index >= 15 is 0 Å². The van der Waals surface area contributed by atoms with Gasteiger partial charge in [-0.15, -0.1) is 0 Å². The Kier molecular flexibility index (Phi) is 4.16. The highest BCUT2D eigenvalue weighted by Crippen LogP contribution is 2.16. The van der Waals surface area contributed by atoms with Crippen LogP contribution in [0.25, 0.3) is 0 Å². The molecule has 5 heteroatoms. The Morgan fingerprint density at radius 2 is 2.05 bits per heavy atom. The van der Waals surface area contributed by atoms with Crippen LogP contribution in [0.5, 0.6) is 0 Å². The standard InChI is InChI=1S/C14H17NO4/c1-15(13(16)12-6-7-19-9-12)8-10-2-4-11(5-3-10)14(17)18/h2-5,12H,6-9H2,1H3,(H,17,18)/t12-/m1/s1. The van der Waals surface area contributed by atoms with E-state index in [0.717, 1.165) is 12.0 Å². The van der Waals surface area contributed by atoms with E-state index in [2.05, 4.69) is 0 Å². The number of aromatic carboxylic acids is 1. The Labute approximate surface area is 111 Å².